The molecule has 3 N–H and O–H groups in total. The van der Waals surface area contributed by atoms with Gasteiger partial charge in [0.2, 0.25) is 0 Å². The number of benzene rings is 2. The van der Waals surface area contributed by atoms with Crippen molar-refractivity contribution in [3.05, 3.63) is 59.2 Å². The van der Waals surface area contributed by atoms with Crippen LogP contribution < -0.4 is 15.2 Å². The van der Waals surface area contributed by atoms with Gasteiger partial charge >= 0.3 is 0 Å². The minimum atomic E-state index is -0.680. The molecule has 0 radical (unpaired) electrons. The lowest BCUT2D eigenvalue weighted by atomic mass is 9.88. The van der Waals surface area contributed by atoms with E-state index in [-0.39, 0.29) is 12.0 Å². The zero-order valence-electron chi connectivity index (χ0n) is 14.8. The van der Waals surface area contributed by atoms with E-state index < -0.39 is 6.10 Å². The van der Waals surface area contributed by atoms with Crippen LogP contribution in [0.1, 0.15) is 29.7 Å². The van der Waals surface area contributed by atoms with Crippen molar-refractivity contribution in [3.8, 4) is 11.5 Å². The third-order valence-corrected chi connectivity index (χ3v) is 4.45. The summed E-state index contributed by atoms with van der Waals surface area (Å²) in [5, 5.41) is 10.5. The maximum atomic E-state index is 10.5. The van der Waals surface area contributed by atoms with E-state index in [0.717, 1.165) is 23.1 Å². The largest absolute Gasteiger partial charge is 0.493 e. The second kappa shape index (κ2) is 8.18. The van der Waals surface area contributed by atoms with Crippen LogP contribution in [-0.2, 0) is 6.42 Å². The molecule has 2 aromatic rings. The highest BCUT2D eigenvalue weighted by atomic mass is 16.5. The molecule has 0 aliphatic heterocycles. The molecule has 4 heteroatoms. The highest BCUT2D eigenvalue weighted by Gasteiger charge is 2.23. The second-order valence-electron chi connectivity index (χ2n) is 6.30. The summed E-state index contributed by atoms with van der Waals surface area (Å²) >= 11 is 0. The van der Waals surface area contributed by atoms with Crippen molar-refractivity contribution in [1.29, 1.82) is 0 Å². The van der Waals surface area contributed by atoms with Crippen LogP contribution in [0, 0.1) is 12.8 Å². The fourth-order valence-electron chi connectivity index (χ4n) is 2.81. The van der Waals surface area contributed by atoms with Gasteiger partial charge in [0.15, 0.2) is 11.5 Å². The number of aliphatic hydroxyl groups is 1. The molecule has 0 aliphatic rings. The molecule has 0 saturated carbocycles. The molecular weight excluding hydrogens is 302 g/mol. The molecule has 0 bridgehead atoms. The van der Waals surface area contributed by atoms with Gasteiger partial charge in [0, 0.05) is 6.04 Å². The standard InChI is InChI=1S/C20H27NO3/c1-13-5-8-16(9-6-13)20(22)19(21)14(2)11-15-7-10-17(23-3)18(12-15)24-4/h5-10,12,14,19-20,22H,11,21H2,1-4H3. The first-order chi connectivity index (χ1) is 11.5. The summed E-state index contributed by atoms with van der Waals surface area (Å²) in [6.07, 6.45) is 0.0745. The van der Waals surface area contributed by atoms with Crippen molar-refractivity contribution < 1.29 is 14.6 Å². The van der Waals surface area contributed by atoms with Gasteiger partial charge in [0.05, 0.1) is 20.3 Å². The average molecular weight is 329 g/mol. The maximum absolute atomic E-state index is 10.5. The van der Waals surface area contributed by atoms with Crippen LogP contribution in [0.2, 0.25) is 0 Å². The highest BCUT2D eigenvalue weighted by molar-refractivity contribution is 5.43. The molecule has 0 amide bonds. The van der Waals surface area contributed by atoms with Crippen LogP contribution in [0.25, 0.3) is 0 Å². The first-order valence-electron chi connectivity index (χ1n) is 8.17. The van der Waals surface area contributed by atoms with Gasteiger partial charge in [-0.15, -0.1) is 0 Å². The normalized spacial score (nSPS) is 14.8. The summed E-state index contributed by atoms with van der Waals surface area (Å²) in [6.45, 7) is 4.08. The van der Waals surface area contributed by atoms with Crippen molar-refractivity contribution in [1.82, 2.24) is 0 Å². The molecule has 24 heavy (non-hydrogen) atoms. The Hall–Kier alpha value is -2.04. The zero-order valence-corrected chi connectivity index (χ0v) is 14.8. The fourth-order valence-corrected chi connectivity index (χ4v) is 2.81. The van der Waals surface area contributed by atoms with E-state index in [1.54, 1.807) is 14.2 Å². The number of aliphatic hydroxyl groups excluding tert-OH is 1. The summed E-state index contributed by atoms with van der Waals surface area (Å²) < 4.78 is 10.6. The van der Waals surface area contributed by atoms with Crippen LogP contribution in [-0.4, -0.2) is 25.4 Å². The molecule has 2 rings (SSSR count). The van der Waals surface area contributed by atoms with Crippen molar-refractivity contribution in [3.63, 3.8) is 0 Å². The summed E-state index contributed by atoms with van der Waals surface area (Å²) in [5.74, 6) is 1.52. The minimum absolute atomic E-state index is 0.111. The smallest absolute Gasteiger partial charge is 0.160 e. The van der Waals surface area contributed by atoms with Crippen molar-refractivity contribution >= 4 is 0 Å². The molecule has 4 nitrogen and oxygen atoms in total. The number of hydrogen-bond acceptors (Lipinski definition) is 4. The fraction of sp³-hybridized carbons (Fsp3) is 0.400. The number of aryl methyl sites for hydroxylation is 1. The van der Waals surface area contributed by atoms with Crippen LogP contribution in [0.3, 0.4) is 0 Å². The second-order valence-corrected chi connectivity index (χ2v) is 6.30. The van der Waals surface area contributed by atoms with Crippen molar-refractivity contribution in [2.45, 2.75) is 32.4 Å². The molecule has 3 unspecified atom stereocenters. The summed E-state index contributed by atoms with van der Waals surface area (Å²) in [5.41, 5.74) is 9.42. The van der Waals surface area contributed by atoms with Crippen LogP contribution in [0.4, 0.5) is 0 Å². The van der Waals surface area contributed by atoms with Gasteiger partial charge in [-0.3, -0.25) is 0 Å². The Kier molecular flexibility index (Phi) is 6.23. The number of nitrogens with two attached hydrogens (primary N) is 1. The monoisotopic (exact) mass is 329 g/mol. The molecule has 0 saturated heterocycles. The van der Waals surface area contributed by atoms with E-state index in [2.05, 4.69) is 6.92 Å². The predicted molar refractivity (Wildman–Crippen MR) is 96.5 cm³/mol. The third-order valence-electron chi connectivity index (χ3n) is 4.45. The van der Waals surface area contributed by atoms with E-state index in [0.29, 0.717) is 11.5 Å². The minimum Gasteiger partial charge on any atom is -0.493 e. The Morgan fingerprint density at radius 2 is 1.62 bits per heavy atom. The molecule has 0 spiro atoms. The number of rotatable bonds is 7. The molecule has 2 aromatic carbocycles. The lowest BCUT2D eigenvalue weighted by molar-refractivity contribution is 0.121. The van der Waals surface area contributed by atoms with Crippen LogP contribution in [0.5, 0.6) is 11.5 Å². The molecule has 0 aliphatic carbocycles. The topological polar surface area (TPSA) is 64.7 Å². The Balaban J connectivity index is 2.08. The summed E-state index contributed by atoms with van der Waals surface area (Å²) in [6, 6.07) is 13.4. The molecule has 3 atom stereocenters. The van der Waals surface area contributed by atoms with Gasteiger partial charge in [-0.05, 0) is 42.5 Å². The number of methoxy groups -OCH3 is 2. The molecule has 130 valence electrons. The lowest BCUT2D eigenvalue weighted by Crippen LogP contribution is -2.36. The maximum Gasteiger partial charge on any atom is 0.160 e. The van der Waals surface area contributed by atoms with E-state index in [1.807, 2.05) is 49.4 Å². The first kappa shape index (κ1) is 18.3. The van der Waals surface area contributed by atoms with Gasteiger partial charge in [0.1, 0.15) is 0 Å². The van der Waals surface area contributed by atoms with Gasteiger partial charge in [-0.1, -0.05) is 42.8 Å². The van der Waals surface area contributed by atoms with Crippen molar-refractivity contribution in [2.75, 3.05) is 14.2 Å². The summed E-state index contributed by atoms with van der Waals surface area (Å²) in [4.78, 5) is 0. The van der Waals surface area contributed by atoms with Gasteiger partial charge in [-0.2, -0.15) is 0 Å². The number of hydrogen-bond donors (Lipinski definition) is 2. The van der Waals surface area contributed by atoms with E-state index in [4.69, 9.17) is 15.2 Å². The lowest BCUT2D eigenvalue weighted by Gasteiger charge is -2.25. The predicted octanol–water partition coefficient (Wildman–Crippen LogP) is 3.25. The SMILES string of the molecule is COc1ccc(CC(C)C(N)C(O)c2ccc(C)cc2)cc1OC. The quantitative estimate of drug-likeness (QED) is 0.818. The third kappa shape index (κ3) is 4.28. The number of ether oxygens (including phenoxy) is 2. The molecular formula is C20H27NO3. The first-order valence-corrected chi connectivity index (χ1v) is 8.17. The van der Waals surface area contributed by atoms with E-state index >= 15 is 0 Å². The summed E-state index contributed by atoms with van der Waals surface area (Å²) in [7, 11) is 3.24. The molecule has 0 aromatic heterocycles. The Morgan fingerprint density at radius 3 is 2.21 bits per heavy atom. The Morgan fingerprint density at radius 1 is 1.00 bits per heavy atom. The van der Waals surface area contributed by atoms with Crippen molar-refractivity contribution in [2.24, 2.45) is 11.7 Å². The Labute approximate surface area is 144 Å². The van der Waals surface area contributed by atoms with Crippen LogP contribution in [0.15, 0.2) is 42.5 Å². The van der Waals surface area contributed by atoms with Gasteiger partial charge in [0.25, 0.3) is 0 Å². The van der Waals surface area contributed by atoms with Crippen LogP contribution >= 0.6 is 0 Å². The Bertz CT molecular complexity index is 654. The van der Waals surface area contributed by atoms with E-state index in [9.17, 15) is 5.11 Å². The van der Waals surface area contributed by atoms with Gasteiger partial charge < -0.3 is 20.3 Å². The molecule has 0 heterocycles. The zero-order chi connectivity index (χ0) is 17.7. The highest BCUT2D eigenvalue weighted by Crippen LogP contribution is 2.30. The molecule has 0 fully saturated rings. The van der Waals surface area contributed by atoms with Gasteiger partial charge in [-0.25, -0.2) is 0 Å². The average Bonchev–Trinajstić information content (AvgIpc) is 2.60. The van der Waals surface area contributed by atoms with E-state index in [1.165, 1.54) is 0 Å².